The topological polar surface area (TPSA) is 77.4 Å². The van der Waals surface area contributed by atoms with Gasteiger partial charge in [0, 0.05) is 5.25 Å². The van der Waals surface area contributed by atoms with E-state index in [0.29, 0.717) is 12.8 Å². The molecule has 0 radical (unpaired) electrons. The van der Waals surface area contributed by atoms with Crippen molar-refractivity contribution in [2.75, 3.05) is 0 Å². The van der Waals surface area contributed by atoms with E-state index in [1.54, 1.807) is 0 Å². The molecule has 2 unspecified atom stereocenters. The van der Waals surface area contributed by atoms with Crippen molar-refractivity contribution in [3.05, 3.63) is 0 Å². The average molecular weight is 375 g/mol. The van der Waals surface area contributed by atoms with Crippen LogP contribution in [0.5, 0.6) is 0 Å². The Balaban J connectivity index is 0. The fourth-order valence-corrected chi connectivity index (χ4v) is 3.66. The van der Waals surface area contributed by atoms with Crippen molar-refractivity contribution < 1.29 is 69.5 Å². The van der Waals surface area contributed by atoms with Gasteiger partial charge in [0.2, 0.25) is 0 Å². The van der Waals surface area contributed by atoms with E-state index in [4.69, 9.17) is 0 Å². The summed E-state index contributed by atoms with van der Waals surface area (Å²) < 4.78 is 33.6. The first-order chi connectivity index (χ1) is 10.4. The zero-order chi connectivity index (χ0) is 16.8. The maximum absolute atomic E-state index is 11.2. The van der Waals surface area contributed by atoms with Crippen molar-refractivity contribution >= 4 is 10.1 Å². The number of unbranched alkanes of at least 4 members (excludes halogenated alkanes) is 6. The monoisotopic (exact) mass is 374 g/mol. The Kier molecular flexibility index (Phi) is 19.7. The summed E-state index contributed by atoms with van der Waals surface area (Å²) in [7, 11) is -4.16. The summed E-state index contributed by atoms with van der Waals surface area (Å²) >= 11 is 0. The standard InChI is InChI=1S/C17H36O4S.K/c1-3-5-7-9-12-16(18)13-10-8-11-15-17(14-6-4-2)22(19,20)21;/h16-18H,3-15H2,1-2H3,(H,19,20,21);/q;+1/p-1. The van der Waals surface area contributed by atoms with Gasteiger partial charge in [-0.3, -0.25) is 0 Å². The molecule has 4 nitrogen and oxygen atoms in total. The molecular weight excluding hydrogens is 339 g/mol. The first kappa shape index (κ1) is 26.7. The van der Waals surface area contributed by atoms with Gasteiger partial charge in [0.1, 0.15) is 0 Å². The molecule has 0 saturated carbocycles. The third-order valence-electron chi connectivity index (χ3n) is 4.24. The van der Waals surface area contributed by atoms with Gasteiger partial charge in [0.15, 0.2) is 0 Å². The van der Waals surface area contributed by atoms with E-state index >= 15 is 0 Å². The Hall–Kier alpha value is 1.51. The summed E-state index contributed by atoms with van der Waals surface area (Å²) in [4.78, 5) is 0. The molecule has 0 amide bonds. The van der Waals surface area contributed by atoms with Gasteiger partial charge >= 0.3 is 51.4 Å². The summed E-state index contributed by atoms with van der Waals surface area (Å²) in [6, 6.07) is 0. The van der Waals surface area contributed by atoms with Gasteiger partial charge < -0.3 is 9.66 Å². The normalized spacial score (nSPS) is 14.3. The van der Waals surface area contributed by atoms with E-state index in [2.05, 4.69) is 6.92 Å². The Morgan fingerprint density at radius 3 is 1.70 bits per heavy atom. The number of aliphatic hydroxyl groups excluding tert-OH is 1. The molecule has 6 heteroatoms. The first-order valence-corrected chi connectivity index (χ1v) is 10.5. The molecule has 2 atom stereocenters. The van der Waals surface area contributed by atoms with Gasteiger partial charge in [-0.15, -0.1) is 0 Å². The van der Waals surface area contributed by atoms with Crippen LogP contribution < -0.4 is 51.4 Å². The average Bonchev–Trinajstić information content (AvgIpc) is 2.45. The fourth-order valence-electron chi connectivity index (χ4n) is 2.74. The summed E-state index contributed by atoms with van der Waals surface area (Å²) in [6.07, 6.45) is 11.4. The minimum absolute atomic E-state index is 0. The summed E-state index contributed by atoms with van der Waals surface area (Å²) in [5.74, 6) is 0. The van der Waals surface area contributed by atoms with Gasteiger partial charge in [0.05, 0.1) is 16.2 Å². The van der Waals surface area contributed by atoms with Crippen LogP contribution in [0.1, 0.15) is 97.3 Å². The van der Waals surface area contributed by atoms with E-state index in [9.17, 15) is 18.1 Å². The van der Waals surface area contributed by atoms with E-state index < -0.39 is 15.4 Å². The molecule has 0 aromatic rings. The van der Waals surface area contributed by atoms with Crippen molar-refractivity contribution in [1.82, 2.24) is 0 Å². The molecule has 0 fully saturated rings. The van der Waals surface area contributed by atoms with Gasteiger partial charge in [0.25, 0.3) is 0 Å². The molecule has 134 valence electrons. The zero-order valence-corrected chi connectivity index (χ0v) is 19.4. The van der Waals surface area contributed by atoms with E-state index in [0.717, 1.165) is 51.4 Å². The summed E-state index contributed by atoms with van der Waals surface area (Å²) in [6.45, 7) is 4.17. The molecule has 0 bridgehead atoms. The van der Waals surface area contributed by atoms with Crippen LogP contribution in [0, 0.1) is 0 Å². The van der Waals surface area contributed by atoms with E-state index in [1.165, 1.54) is 19.3 Å². The van der Waals surface area contributed by atoms with Crippen LogP contribution in [-0.2, 0) is 10.1 Å². The zero-order valence-electron chi connectivity index (χ0n) is 15.4. The van der Waals surface area contributed by atoms with Crippen LogP contribution in [0.2, 0.25) is 0 Å². The second-order valence-electron chi connectivity index (χ2n) is 6.40. The first-order valence-electron chi connectivity index (χ1n) is 9.04. The second kappa shape index (κ2) is 16.9. The van der Waals surface area contributed by atoms with E-state index in [-0.39, 0.29) is 57.5 Å². The van der Waals surface area contributed by atoms with Crippen LogP contribution in [0.3, 0.4) is 0 Å². The van der Waals surface area contributed by atoms with Crippen molar-refractivity contribution in [3.8, 4) is 0 Å². The molecule has 0 aromatic carbocycles. The van der Waals surface area contributed by atoms with Crippen molar-refractivity contribution in [2.24, 2.45) is 0 Å². The van der Waals surface area contributed by atoms with Gasteiger partial charge in [-0.05, 0) is 25.7 Å². The molecule has 1 N–H and O–H groups in total. The van der Waals surface area contributed by atoms with Crippen molar-refractivity contribution in [1.29, 1.82) is 0 Å². The van der Waals surface area contributed by atoms with Crippen molar-refractivity contribution in [2.45, 2.75) is 109 Å². The van der Waals surface area contributed by atoms with Crippen LogP contribution in [0.25, 0.3) is 0 Å². The fraction of sp³-hybridized carbons (Fsp3) is 1.00. The smallest absolute Gasteiger partial charge is 0.748 e. The number of aliphatic hydroxyl groups is 1. The summed E-state index contributed by atoms with van der Waals surface area (Å²) in [5.41, 5.74) is 0. The van der Waals surface area contributed by atoms with E-state index in [1.807, 2.05) is 6.92 Å². The molecule has 23 heavy (non-hydrogen) atoms. The van der Waals surface area contributed by atoms with Gasteiger partial charge in [-0.2, -0.15) is 0 Å². The molecule has 0 aliphatic rings. The molecular formula is C17H35KO4S. The predicted octanol–water partition coefficient (Wildman–Crippen LogP) is 1.38. The largest absolute Gasteiger partial charge is 1.00 e. The van der Waals surface area contributed by atoms with Crippen LogP contribution in [0.15, 0.2) is 0 Å². The molecule has 0 aliphatic carbocycles. The SMILES string of the molecule is CCCCCCC(O)CCCCCC(CCCC)S(=O)(=O)[O-].[K+]. The Bertz CT molecular complexity index is 347. The number of hydrogen-bond donors (Lipinski definition) is 1. The molecule has 0 spiro atoms. The molecule has 0 saturated heterocycles. The van der Waals surface area contributed by atoms with Crippen LogP contribution in [-0.4, -0.2) is 29.4 Å². The number of rotatable bonds is 15. The van der Waals surface area contributed by atoms with Gasteiger partial charge in [-0.1, -0.05) is 71.6 Å². The van der Waals surface area contributed by atoms with Gasteiger partial charge in [-0.25, -0.2) is 8.42 Å². The quantitative estimate of drug-likeness (QED) is 0.267. The summed E-state index contributed by atoms with van der Waals surface area (Å²) in [5, 5.41) is 9.14. The van der Waals surface area contributed by atoms with Crippen LogP contribution >= 0.6 is 0 Å². The maximum Gasteiger partial charge on any atom is 1.00 e. The van der Waals surface area contributed by atoms with Crippen LogP contribution in [0.4, 0.5) is 0 Å². The molecule has 0 rings (SSSR count). The molecule has 0 aliphatic heterocycles. The minimum Gasteiger partial charge on any atom is -0.748 e. The molecule has 0 heterocycles. The number of hydrogen-bond acceptors (Lipinski definition) is 4. The predicted molar refractivity (Wildman–Crippen MR) is 90.9 cm³/mol. The Morgan fingerprint density at radius 2 is 1.22 bits per heavy atom. The third-order valence-corrected chi connectivity index (χ3v) is 5.53. The Morgan fingerprint density at radius 1 is 0.783 bits per heavy atom. The Labute approximate surface area is 186 Å². The molecule has 0 aromatic heterocycles. The second-order valence-corrected chi connectivity index (χ2v) is 8.05. The third kappa shape index (κ3) is 16.7. The minimum atomic E-state index is -4.16. The van der Waals surface area contributed by atoms with Crippen molar-refractivity contribution in [3.63, 3.8) is 0 Å². The maximum atomic E-state index is 11.2.